The van der Waals surface area contributed by atoms with Crippen molar-refractivity contribution in [2.45, 2.75) is 32.6 Å². The lowest BCUT2D eigenvalue weighted by molar-refractivity contribution is 0.164. The lowest BCUT2D eigenvalue weighted by atomic mass is 9.66. The fourth-order valence-electron chi connectivity index (χ4n) is 3.50. The van der Waals surface area contributed by atoms with E-state index in [-0.39, 0.29) is 23.5 Å². The fraction of sp³-hybridized carbons (Fsp3) is 0.533. The molecule has 2 N–H and O–H groups in total. The van der Waals surface area contributed by atoms with E-state index < -0.39 is 5.56 Å². The lowest BCUT2D eigenvalue weighted by Gasteiger charge is -2.38. The van der Waals surface area contributed by atoms with Crippen molar-refractivity contribution in [2.75, 3.05) is 0 Å². The Morgan fingerprint density at radius 1 is 1.42 bits per heavy atom. The van der Waals surface area contributed by atoms with Gasteiger partial charge in [0, 0.05) is 12.0 Å². The van der Waals surface area contributed by atoms with Crippen molar-refractivity contribution in [2.24, 2.45) is 17.8 Å². The van der Waals surface area contributed by atoms with Gasteiger partial charge in [0.15, 0.2) is 0 Å². The molecule has 1 saturated carbocycles. The van der Waals surface area contributed by atoms with E-state index in [1.165, 1.54) is 12.3 Å². The lowest BCUT2D eigenvalue weighted by Crippen LogP contribution is -2.33. The van der Waals surface area contributed by atoms with E-state index in [0.717, 1.165) is 12.8 Å². The molecule has 0 aromatic carbocycles. The topological polar surface area (TPSA) is 62.5 Å². The molecule has 1 fully saturated rings. The average Bonchev–Trinajstić information content (AvgIpc) is 2.36. The van der Waals surface area contributed by atoms with E-state index in [4.69, 9.17) is 0 Å². The van der Waals surface area contributed by atoms with Crippen molar-refractivity contribution in [3.05, 3.63) is 40.8 Å². The molecule has 1 aliphatic carbocycles. The van der Waals surface area contributed by atoms with E-state index in [1.807, 2.05) is 6.08 Å². The highest BCUT2D eigenvalue weighted by atomic mass is 16.5. The van der Waals surface area contributed by atoms with Crippen LogP contribution in [0.2, 0.25) is 0 Å². The average molecular weight is 263 g/mol. The number of allylic oxidation sites excluding steroid dienone is 1. The molecule has 0 spiro atoms. The minimum atomic E-state index is -0.529. The Hall–Kier alpha value is -1.71. The van der Waals surface area contributed by atoms with Crippen LogP contribution in [-0.4, -0.2) is 15.0 Å². The Balaban J connectivity index is 2.53. The molecule has 0 unspecified atom stereocenters. The van der Waals surface area contributed by atoms with Gasteiger partial charge in [-0.2, -0.15) is 4.73 Å². The fourth-order valence-corrected chi connectivity index (χ4v) is 3.50. The molecule has 0 amide bonds. The number of aromatic hydroxyl groups is 1. The number of rotatable bonds is 2. The molecule has 4 nitrogen and oxygen atoms in total. The highest BCUT2D eigenvalue weighted by Gasteiger charge is 2.36. The second kappa shape index (κ2) is 5.11. The normalized spacial score (nSPS) is 31.1. The van der Waals surface area contributed by atoms with Crippen LogP contribution in [0.15, 0.2) is 29.7 Å². The molecule has 2 rings (SSSR count). The molecule has 1 aromatic rings. The van der Waals surface area contributed by atoms with Crippen LogP contribution in [0.5, 0.6) is 5.75 Å². The number of nitrogens with zero attached hydrogens (tertiary/aromatic N) is 1. The van der Waals surface area contributed by atoms with Gasteiger partial charge in [0.1, 0.15) is 5.75 Å². The molecular formula is C15H21NO3. The third-order valence-electron chi connectivity index (χ3n) is 4.25. The minimum absolute atomic E-state index is 0.0337. The molecule has 1 heterocycles. The van der Waals surface area contributed by atoms with Gasteiger partial charge in [-0.3, -0.25) is 4.79 Å². The minimum Gasteiger partial charge on any atom is -0.507 e. The predicted octanol–water partition coefficient (Wildman–Crippen LogP) is 2.74. The second-order valence-electron chi connectivity index (χ2n) is 5.74. The molecule has 0 saturated heterocycles. The summed E-state index contributed by atoms with van der Waals surface area (Å²) < 4.78 is 0.542. The maximum absolute atomic E-state index is 12.1. The van der Waals surface area contributed by atoms with Crippen LogP contribution < -0.4 is 5.56 Å². The van der Waals surface area contributed by atoms with E-state index >= 15 is 0 Å². The van der Waals surface area contributed by atoms with Gasteiger partial charge >= 0.3 is 0 Å². The zero-order valence-corrected chi connectivity index (χ0v) is 11.4. The smallest absolute Gasteiger partial charge is 0.290 e. The van der Waals surface area contributed by atoms with Gasteiger partial charge < -0.3 is 10.3 Å². The highest BCUT2D eigenvalue weighted by molar-refractivity contribution is 5.34. The molecule has 104 valence electrons. The Kier molecular flexibility index (Phi) is 3.69. The summed E-state index contributed by atoms with van der Waals surface area (Å²) in [7, 11) is 0. The molecular weight excluding hydrogens is 242 g/mol. The summed E-state index contributed by atoms with van der Waals surface area (Å²) in [6, 6.07) is 1.36. The largest absolute Gasteiger partial charge is 0.507 e. The highest BCUT2D eigenvalue weighted by Crippen LogP contribution is 2.45. The van der Waals surface area contributed by atoms with Gasteiger partial charge in [-0.25, -0.2) is 0 Å². The molecule has 0 aliphatic heterocycles. The molecule has 0 bridgehead atoms. The van der Waals surface area contributed by atoms with Gasteiger partial charge in [0.25, 0.3) is 5.56 Å². The maximum atomic E-state index is 12.1. The van der Waals surface area contributed by atoms with Crippen LogP contribution in [0, 0.1) is 17.8 Å². The predicted molar refractivity (Wildman–Crippen MR) is 73.5 cm³/mol. The molecule has 4 heteroatoms. The summed E-state index contributed by atoms with van der Waals surface area (Å²) in [6.07, 6.45) is 5.00. The number of hydrogen-bond acceptors (Lipinski definition) is 3. The summed E-state index contributed by atoms with van der Waals surface area (Å²) in [5.41, 5.74) is -0.215. The standard InChI is InChI=1S/C15H21NO3/c1-4-11-8-9(2)7-10(3)13(11)14-12(17)5-6-16(19)15(14)18/h4-6,9-11,13,17,19H,1,7-8H2,2-3H3/t9-,10+,11-,13-/m0/s1. The summed E-state index contributed by atoms with van der Waals surface area (Å²) in [4.78, 5) is 12.1. The quantitative estimate of drug-likeness (QED) is 0.637. The van der Waals surface area contributed by atoms with Crippen LogP contribution in [0.4, 0.5) is 0 Å². The summed E-state index contributed by atoms with van der Waals surface area (Å²) >= 11 is 0. The van der Waals surface area contributed by atoms with Crippen molar-refractivity contribution >= 4 is 0 Å². The van der Waals surface area contributed by atoms with Crippen LogP contribution in [0.1, 0.15) is 38.2 Å². The van der Waals surface area contributed by atoms with Crippen molar-refractivity contribution in [1.29, 1.82) is 0 Å². The van der Waals surface area contributed by atoms with E-state index in [1.54, 1.807) is 0 Å². The Morgan fingerprint density at radius 2 is 2.11 bits per heavy atom. The maximum Gasteiger partial charge on any atom is 0.290 e. The summed E-state index contributed by atoms with van der Waals surface area (Å²) in [5, 5.41) is 19.5. The van der Waals surface area contributed by atoms with Crippen molar-refractivity contribution < 1.29 is 10.3 Å². The van der Waals surface area contributed by atoms with Crippen molar-refractivity contribution in [3.63, 3.8) is 0 Å². The van der Waals surface area contributed by atoms with Crippen molar-refractivity contribution in [1.82, 2.24) is 4.73 Å². The monoisotopic (exact) mass is 263 g/mol. The first kappa shape index (κ1) is 13.7. The third kappa shape index (κ3) is 2.39. The molecule has 4 atom stereocenters. The number of hydrogen-bond donors (Lipinski definition) is 2. The van der Waals surface area contributed by atoms with Gasteiger partial charge in [-0.15, -0.1) is 6.58 Å². The second-order valence-corrected chi connectivity index (χ2v) is 5.74. The number of pyridine rings is 1. The first-order chi connectivity index (χ1) is 8.95. The van der Waals surface area contributed by atoms with Gasteiger partial charge in [0.2, 0.25) is 0 Å². The van der Waals surface area contributed by atoms with Crippen LogP contribution in [-0.2, 0) is 0 Å². The van der Waals surface area contributed by atoms with Crippen LogP contribution in [0.25, 0.3) is 0 Å². The summed E-state index contributed by atoms with van der Waals surface area (Å²) in [5.74, 6) is 0.887. The first-order valence-corrected chi connectivity index (χ1v) is 6.72. The number of aromatic nitrogens is 1. The zero-order chi connectivity index (χ0) is 14.2. The zero-order valence-electron chi connectivity index (χ0n) is 11.4. The molecule has 19 heavy (non-hydrogen) atoms. The van der Waals surface area contributed by atoms with E-state index in [2.05, 4.69) is 20.4 Å². The Labute approximate surface area is 113 Å². The van der Waals surface area contributed by atoms with Gasteiger partial charge in [-0.1, -0.05) is 19.9 Å². The molecule has 1 aromatic heterocycles. The van der Waals surface area contributed by atoms with Crippen molar-refractivity contribution in [3.8, 4) is 5.75 Å². The van der Waals surface area contributed by atoms with E-state index in [0.29, 0.717) is 16.2 Å². The first-order valence-electron chi connectivity index (χ1n) is 6.72. The van der Waals surface area contributed by atoms with Gasteiger partial charge in [0.05, 0.1) is 11.8 Å². The Bertz CT molecular complexity index is 535. The Morgan fingerprint density at radius 3 is 2.74 bits per heavy atom. The SMILES string of the molecule is C=C[C@H]1C[C@@H](C)C[C@@H](C)[C@@H]1c1c(O)ccn(O)c1=O. The molecule has 0 radical (unpaired) electrons. The summed E-state index contributed by atoms with van der Waals surface area (Å²) in [6.45, 7) is 8.14. The van der Waals surface area contributed by atoms with E-state index in [9.17, 15) is 15.1 Å². The van der Waals surface area contributed by atoms with Crippen LogP contribution in [0.3, 0.4) is 0 Å². The molecule has 1 aliphatic rings. The van der Waals surface area contributed by atoms with Gasteiger partial charge in [-0.05, 0) is 30.6 Å². The van der Waals surface area contributed by atoms with Crippen LogP contribution >= 0.6 is 0 Å². The third-order valence-corrected chi connectivity index (χ3v) is 4.25.